The fraction of sp³-hybridized carbons (Fsp3) is 0.100. The van der Waals surface area contributed by atoms with Gasteiger partial charge in [-0.15, -0.1) is 0 Å². The summed E-state index contributed by atoms with van der Waals surface area (Å²) in [5.41, 5.74) is 6.51. The number of rotatable bonds is 1. The summed E-state index contributed by atoms with van der Waals surface area (Å²) in [6.07, 6.45) is 1.73. The summed E-state index contributed by atoms with van der Waals surface area (Å²) >= 11 is 0. The third-order valence-electron chi connectivity index (χ3n) is 1.98. The van der Waals surface area contributed by atoms with Gasteiger partial charge in [0.2, 0.25) is 5.88 Å². The van der Waals surface area contributed by atoms with Crippen molar-refractivity contribution in [1.82, 2.24) is 4.98 Å². The van der Waals surface area contributed by atoms with Crippen LogP contribution in [0.5, 0.6) is 5.88 Å². The molecule has 2 N–H and O–H groups in total. The second-order valence-corrected chi connectivity index (χ2v) is 2.80. The maximum absolute atomic E-state index is 5.77. The highest BCUT2D eigenvalue weighted by molar-refractivity contribution is 5.92. The van der Waals surface area contributed by atoms with E-state index in [0.717, 1.165) is 16.5 Å². The van der Waals surface area contributed by atoms with Gasteiger partial charge in [0.15, 0.2) is 0 Å². The SMILES string of the molecule is COc1cc2cccc(N)c2cn1. The second-order valence-electron chi connectivity index (χ2n) is 2.80. The van der Waals surface area contributed by atoms with Gasteiger partial charge >= 0.3 is 0 Å². The molecule has 0 bridgehead atoms. The van der Waals surface area contributed by atoms with Crippen LogP contribution in [0.2, 0.25) is 0 Å². The fourth-order valence-corrected chi connectivity index (χ4v) is 1.29. The van der Waals surface area contributed by atoms with Gasteiger partial charge in [-0.25, -0.2) is 4.98 Å². The van der Waals surface area contributed by atoms with Gasteiger partial charge < -0.3 is 10.5 Å². The van der Waals surface area contributed by atoms with E-state index in [9.17, 15) is 0 Å². The smallest absolute Gasteiger partial charge is 0.213 e. The molecule has 13 heavy (non-hydrogen) atoms. The zero-order valence-corrected chi connectivity index (χ0v) is 7.32. The summed E-state index contributed by atoms with van der Waals surface area (Å²) in [4.78, 5) is 4.08. The number of fused-ring (bicyclic) bond motifs is 1. The van der Waals surface area contributed by atoms with Gasteiger partial charge in [0, 0.05) is 23.3 Å². The molecule has 1 aromatic heterocycles. The molecule has 66 valence electrons. The van der Waals surface area contributed by atoms with E-state index >= 15 is 0 Å². The van der Waals surface area contributed by atoms with Crippen LogP contribution in [0.3, 0.4) is 0 Å². The molecule has 0 aliphatic carbocycles. The van der Waals surface area contributed by atoms with Crippen molar-refractivity contribution in [2.45, 2.75) is 0 Å². The van der Waals surface area contributed by atoms with E-state index in [1.807, 2.05) is 24.3 Å². The van der Waals surface area contributed by atoms with Crippen LogP contribution in [-0.2, 0) is 0 Å². The van der Waals surface area contributed by atoms with Gasteiger partial charge in [-0.3, -0.25) is 0 Å². The molecule has 0 atom stereocenters. The summed E-state index contributed by atoms with van der Waals surface area (Å²) in [7, 11) is 1.60. The molecule has 2 aromatic rings. The summed E-state index contributed by atoms with van der Waals surface area (Å²) in [5.74, 6) is 0.609. The number of ether oxygens (including phenoxy) is 1. The molecule has 0 unspecified atom stereocenters. The predicted molar refractivity (Wildman–Crippen MR) is 52.7 cm³/mol. The summed E-state index contributed by atoms with van der Waals surface area (Å²) in [6, 6.07) is 7.62. The third-order valence-corrected chi connectivity index (χ3v) is 1.98. The molecule has 0 aliphatic rings. The van der Waals surface area contributed by atoms with Crippen molar-refractivity contribution < 1.29 is 4.74 Å². The number of aromatic nitrogens is 1. The topological polar surface area (TPSA) is 48.1 Å². The lowest BCUT2D eigenvalue weighted by molar-refractivity contribution is 0.399. The van der Waals surface area contributed by atoms with Crippen molar-refractivity contribution in [3.05, 3.63) is 30.5 Å². The first kappa shape index (κ1) is 7.86. The number of pyridine rings is 1. The van der Waals surface area contributed by atoms with Crippen LogP contribution in [-0.4, -0.2) is 12.1 Å². The summed E-state index contributed by atoms with van der Waals surface area (Å²) in [5, 5.41) is 2.01. The average Bonchev–Trinajstić information content (AvgIpc) is 2.18. The Hall–Kier alpha value is -1.77. The van der Waals surface area contributed by atoms with Gasteiger partial charge in [-0.2, -0.15) is 0 Å². The minimum absolute atomic E-state index is 0.609. The van der Waals surface area contributed by atoms with Crippen LogP contribution >= 0.6 is 0 Å². The second kappa shape index (κ2) is 2.94. The van der Waals surface area contributed by atoms with E-state index in [4.69, 9.17) is 10.5 Å². The molecular formula is C10H10N2O. The molecule has 3 nitrogen and oxygen atoms in total. The Labute approximate surface area is 76.2 Å². The van der Waals surface area contributed by atoms with Crippen LogP contribution in [0.25, 0.3) is 10.8 Å². The lowest BCUT2D eigenvalue weighted by Crippen LogP contribution is -1.90. The normalized spacial score (nSPS) is 10.2. The van der Waals surface area contributed by atoms with Crippen molar-refractivity contribution in [3.8, 4) is 5.88 Å². The van der Waals surface area contributed by atoms with Gasteiger partial charge in [0.05, 0.1) is 7.11 Å². The number of hydrogen-bond donors (Lipinski definition) is 1. The monoisotopic (exact) mass is 174 g/mol. The minimum atomic E-state index is 0.609. The van der Waals surface area contributed by atoms with E-state index < -0.39 is 0 Å². The molecule has 0 fully saturated rings. The molecule has 1 aromatic carbocycles. The van der Waals surface area contributed by atoms with Crippen molar-refractivity contribution in [3.63, 3.8) is 0 Å². The number of anilines is 1. The Bertz CT molecular complexity index is 440. The summed E-state index contributed by atoms with van der Waals surface area (Å²) < 4.78 is 5.01. The first-order valence-corrected chi connectivity index (χ1v) is 3.99. The van der Waals surface area contributed by atoms with Crippen molar-refractivity contribution in [1.29, 1.82) is 0 Å². The quantitative estimate of drug-likeness (QED) is 0.671. The number of nitrogens with two attached hydrogens (primary N) is 1. The zero-order valence-electron chi connectivity index (χ0n) is 7.32. The van der Waals surface area contributed by atoms with E-state index in [0.29, 0.717) is 5.88 Å². The van der Waals surface area contributed by atoms with Gasteiger partial charge in [0.25, 0.3) is 0 Å². The Morgan fingerprint density at radius 2 is 2.23 bits per heavy atom. The standard InChI is InChI=1S/C10H10N2O/c1-13-10-5-7-3-2-4-9(11)8(7)6-12-10/h2-6H,11H2,1H3. The maximum Gasteiger partial charge on any atom is 0.213 e. The Kier molecular flexibility index (Phi) is 1.77. The van der Waals surface area contributed by atoms with E-state index in [1.54, 1.807) is 13.3 Å². The fourth-order valence-electron chi connectivity index (χ4n) is 1.29. The zero-order chi connectivity index (χ0) is 9.26. The molecule has 0 spiro atoms. The highest BCUT2D eigenvalue weighted by atomic mass is 16.5. The highest BCUT2D eigenvalue weighted by Gasteiger charge is 1.99. The number of benzene rings is 1. The minimum Gasteiger partial charge on any atom is -0.481 e. The first-order chi connectivity index (χ1) is 6.31. The van der Waals surface area contributed by atoms with Gasteiger partial charge in [0.1, 0.15) is 0 Å². The number of hydrogen-bond acceptors (Lipinski definition) is 3. The molecule has 0 amide bonds. The molecule has 0 saturated heterocycles. The van der Waals surface area contributed by atoms with Crippen molar-refractivity contribution >= 4 is 16.5 Å². The Balaban J connectivity index is 2.72. The van der Waals surface area contributed by atoms with Crippen LogP contribution in [0.4, 0.5) is 5.69 Å². The van der Waals surface area contributed by atoms with Crippen LogP contribution in [0.15, 0.2) is 30.5 Å². The van der Waals surface area contributed by atoms with Gasteiger partial charge in [-0.1, -0.05) is 12.1 Å². The number of nitrogens with zero attached hydrogens (tertiary/aromatic N) is 1. The number of methoxy groups -OCH3 is 1. The van der Waals surface area contributed by atoms with Crippen LogP contribution in [0.1, 0.15) is 0 Å². The lowest BCUT2D eigenvalue weighted by atomic mass is 10.1. The lowest BCUT2D eigenvalue weighted by Gasteiger charge is -2.02. The Morgan fingerprint density at radius 3 is 3.00 bits per heavy atom. The largest absolute Gasteiger partial charge is 0.481 e. The van der Waals surface area contributed by atoms with E-state index in [1.165, 1.54) is 0 Å². The molecule has 2 rings (SSSR count). The van der Waals surface area contributed by atoms with Gasteiger partial charge in [-0.05, 0) is 11.5 Å². The molecule has 0 saturated carbocycles. The Morgan fingerprint density at radius 1 is 1.38 bits per heavy atom. The molecule has 1 heterocycles. The van der Waals surface area contributed by atoms with Crippen LogP contribution in [0, 0.1) is 0 Å². The molecule has 0 aliphatic heterocycles. The molecular weight excluding hydrogens is 164 g/mol. The number of nitrogen functional groups attached to an aromatic ring is 1. The van der Waals surface area contributed by atoms with Crippen molar-refractivity contribution in [2.24, 2.45) is 0 Å². The summed E-state index contributed by atoms with van der Waals surface area (Å²) in [6.45, 7) is 0. The molecule has 0 radical (unpaired) electrons. The third kappa shape index (κ3) is 1.28. The average molecular weight is 174 g/mol. The predicted octanol–water partition coefficient (Wildman–Crippen LogP) is 1.83. The highest BCUT2D eigenvalue weighted by Crippen LogP contribution is 2.22. The first-order valence-electron chi connectivity index (χ1n) is 3.99. The maximum atomic E-state index is 5.77. The van der Waals surface area contributed by atoms with E-state index in [-0.39, 0.29) is 0 Å². The van der Waals surface area contributed by atoms with E-state index in [2.05, 4.69) is 4.98 Å². The van der Waals surface area contributed by atoms with Crippen LogP contribution < -0.4 is 10.5 Å². The molecule has 3 heteroatoms. The van der Waals surface area contributed by atoms with Crippen molar-refractivity contribution in [2.75, 3.05) is 12.8 Å².